The molecule has 2 amide bonds. The zero-order valence-electron chi connectivity index (χ0n) is 14.5. The van der Waals surface area contributed by atoms with Crippen LogP contribution in [-0.4, -0.2) is 47.5 Å². The van der Waals surface area contributed by atoms with Gasteiger partial charge in [0.05, 0.1) is 11.9 Å². The molecule has 3 aromatic rings. The molecule has 0 aliphatic heterocycles. The van der Waals surface area contributed by atoms with E-state index in [0.29, 0.717) is 39.7 Å². The first-order chi connectivity index (χ1) is 12.5. The summed E-state index contributed by atoms with van der Waals surface area (Å²) in [6.07, 6.45) is 3.75. The highest BCUT2D eigenvalue weighted by Crippen LogP contribution is 2.40. The predicted octanol–water partition coefficient (Wildman–Crippen LogP) is 2.18. The number of hydrogen-bond acceptors (Lipinski definition) is 6. The molecule has 1 fully saturated rings. The summed E-state index contributed by atoms with van der Waals surface area (Å²) in [5.41, 5.74) is 2.09. The van der Waals surface area contributed by atoms with Crippen LogP contribution in [0.1, 0.15) is 35.0 Å². The average molecular weight is 354 g/mol. The third-order valence-corrected chi connectivity index (χ3v) is 4.32. The Kier molecular flexibility index (Phi) is 3.95. The van der Waals surface area contributed by atoms with Gasteiger partial charge in [-0.3, -0.25) is 9.59 Å². The van der Waals surface area contributed by atoms with Crippen molar-refractivity contribution in [2.75, 3.05) is 20.6 Å². The Balaban J connectivity index is 1.59. The molecule has 0 radical (unpaired) electrons. The van der Waals surface area contributed by atoms with Gasteiger partial charge < -0.3 is 19.2 Å². The second-order valence-corrected chi connectivity index (χ2v) is 6.56. The molecule has 0 bridgehead atoms. The summed E-state index contributed by atoms with van der Waals surface area (Å²) in [6.45, 7) is -0.0611. The van der Waals surface area contributed by atoms with E-state index in [9.17, 15) is 9.59 Å². The molecule has 134 valence electrons. The number of carbonyl (C=O) groups excluding carboxylic acids is 2. The van der Waals surface area contributed by atoms with Gasteiger partial charge >= 0.3 is 0 Å². The number of carbonyl (C=O) groups is 2. The van der Waals surface area contributed by atoms with Gasteiger partial charge in [0.15, 0.2) is 11.5 Å². The van der Waals surface area contributed by atoms with Gasteiger partial charge in [0, 0.05) is 25.6 Å². The normalized spacial score (nSPS) is 13.8. The minimum Gasteiger partial charge on any atom is -0.448 e. The van der Waals surface area contributed by atoms with Crippen molar-refractivity contribution in [2.45, 2.75) is 18.8 Å². The summed E-state index contributed by atoms with van der Waals surface area (Å²) < 4.78 is 10.8. The fourth-order valence-corrected chi connectivity index (χ4v) is 2.59. The SMILES string of the molecule is CN(C)C(=O)CNC(=O)c1ccc2onc(-c3coc(C4CC4)n3)c2c1. The highest BCUT2D eigenvalue weighted by Gasteiger charge is 2.29. The number of oxazole rings is 1. The van der Waals surface area contributed by atoms with Crippen LogP contribution < -0.4 is 5.32 Å². The van der Waals surface area contributed by atoms with Gasteiger partial charge in [-0.25, -0.2) is 4.98 Å². The van der Waals surface area contributed by atoms with E-state index in [2.05, 4.69) is 15.5 Å². The van der Waals surface area contributed by atoms with E-state index in [1.54, 1.807) is 38.6 Å². The second kappa shape index (κ2) is 6.29. The molecule has 1 aliphatic carbocycles. The van der Waals surface area contributed by atoms with Crippen molar-refractivity contribution < 1.29 is 18.5 Å². The molecule has 0 unspecified atom stereocenters. The first-order valence-corrected chi connectivity index (χ1v) is 8.36. The number of aromatic nitrogens is 2. The zero-order chi connectivity index (χ0) is 18.3. The number of nitrogens with zero attached hydrogens (tertiary/aromatic N) is 3. The molecule has 1 aliphatic rings. The van der Waals surface area contributed by atoms with Crippen molar-refractivity contribution in [1.82, 2.24) is 20.4 Å². The number of benzene rings is 1. The second-order valence-electron chi connectivity index (χ2n) is 6.56. The molecule has 8 nitrogen and oxygen atoms in total. The maximum absolute atomic E-state index is 12.3. The van der Waals surface area contributed by atoms with Crippen molar-refractivity contribution in [1.29, 1.82) is 0 Å². The van der Waals surface area contributed by atoms with Crippen LogP contribution in [0.4, 0.5) is 0 Å². The molecule has 2 heterocycles. The lowest BCUT2D eigenvalue weighted by Gasteiger charge is -2.10. The molecule has 1 saturated carbocycles. The van der Waals surface area contributed by atoms with Crippen LogP contribution in [0.2, 0.25) is 0 Å². The van der Waals surface area contributed by atoms with E-state index in [1.807, 2.05) is 0 Å². The number of fused-ring (bicyclic) bond motifs is 1. The quantitative estimate of drug-likeness (QED) is 0.753. The van der Waals surface area contributed by atoms with Crippen molar-refractivity contribution >= 4 is 22.8 Å². The summed E-state index contributed by atoms with van der Waals surface area (Å²) in [7, 11) is 3.27. The van der Waals surface area contributed by atoms with Gasteiger partial charge in [-0.1, -0.05) is 5.16 Å². The molecule has 2 aromatic heterocycles. The van der Waals surface area contributed by atoms with Crippen LogP contribution in [0.3, 0.4) is 0 Å². The van der Waals surface area contributed by atoms with Crippen LogP contribution in [-0.2, 0) is 4.79 Å². The predicted molar refractivity (Wildman–Crippen MR) is 92.5 cm³/mol. The Labute approximate surface area is 149 Å². The lowest BCUT2D eigenvalue weighted by Crippen LogP contribution is -2.36. The van der Waals surface area contributed by atoms with Crippen LogP contribution in [0.15, 0.2) is 33.4 Å². The highest BCUT2D eigenvalue weighted by molar-refractivity contribution is 6.01. The van der Waals surface area contributed by atoms with Gasteiger partial charge in [0.1, 0.15) is 17.7 Å². The Morgan fingerprint density at radius 3 is 2.85 bits per heavy atom. The Morgan fingerprint density at radius 1 is 1.31 bits per heavy atom. The third kappa shape index (κ3) is 3.05. The topological polar surface area (TPSA) is 101 Å². The smallest absolute Gasteiger partial charge is 0.251 e. The maximum Gasteiger partial charge on any atom is 0.251 e. The molecular weight excluding hydrogens is 336 g/mol. The molecule has 0 atom stereocenters. The van der Waals surface area contributed by atoms with Crippen LogP contribution in [0.5, 0.6) is 0 Å². The number of likely N-dealkylation sites (N-methyl/N-ethyl adjacent to an activating group) is 1. The summed E-state index contributed by atoms with van der Waals surface area (Å²) in [5.74, 6) is 0.595. The van der Waals surface area contributed by atoms with E-state index in [1.165, 1.54) is 4.90 Å². The van der Waals surface area contributed by atoms with Crippen molar-refractivity contribution in [3.63, 3.8) is 0 Å². The average Bonchev–Trinajstić information content (AvgIpc) is 3.22. The fraction of sp³-hybridized carbons (Fsp3) is 0.333. The molecule has 1 N–H and O–H groups in total. The van der Waals surface area contributed by atoms with Crippen molar-refractivity contribution in [2.24, 2.45) is 0 Å². The van der Waals surface area contributed by atoms with Gasteiger partial charge in [0.2, 0.25) is 5.91 Å². The van der Waals surface area contributed by atoms with Gasteiger partial charge in [-0.2, -0.15) is 0 Å². The van der Waals surface area contributed by atoms with Gasteiger partial charge in [0.25, 0.3) is 5.91 Å². The highest BCUT2D eigenvalue weighted by atomic mass is 16.5. The summed E-state index contributed by atoms with van der Waals surface area (Å²) >= 11 is 0. The van der Waals surface area contributed by atoms with Gasteiger partial charge in [-0.05, 0) is 31.0 Å². The molecule has 4 rings (SSSR count). The molecular formula is C18H18N4O4. The van der Waals surface area contributed by atoms with Crippen molar-refractivity contribution in [3.05, 3.63) is 35.9 Å². The van der Waals surface area contributed by atoms with E-state index < -0.39 is 0 Å². The van der Waals surface area contributed by atoms with Crippen LogP contribution >= 0.6 is 0 Å². The van der Waals surface area contributed by atoms with E-state index >= 15 is 0 Å². The number of hydrogen-bond donors (Lipinski definition) is 1. The minimum absolute atomic E-state index is 0.0611. The van der Waals surface area contributed by atoms with E-state index in [0.717, 1.165) is 12.8 Å². The van der Waals surface area contributed by atoms with Crippen molar-refractivity contribution in [3.8, 4) is 11.4 Å². The zero-order valence-corrected chi connectivity index (χ0v) is 14.5. The maximum atomic E-state index is 12.3. The number of nitrogens with one attached hydrogen (secondary N) is 1. The lowest BCUT2D eigenvalue weighted by atomic mass is 10.1. The summed E-state index contributed by atoms with van der Waals surface area (Å²) in [6, 6.07) is 4.99. The number of amides is 2. The van der Waals surface area contributed by atoms with E-state index in [4.69, 9.17) is 8.94 Å². The molecule has 26 heavy (non-hydrogen) atoms. The molecule has 1 aromatic carbocycles. The monoisotopic (exact) mass is 354 g/mol. The minimum atomic E-state index is -0.340. The largest absolute Gasteiger partial charge is 0.448 e. The van der Waals surface area contributed by atoms with Crippen LogP contribution in [0, 0.1) is 0 Å². The van der Waals surface area contributed by atoms with Gasteiger partial charge in [-0.15, -0.1) is 0 Å². The molecule has 0 saturated heterocycles. The Bertz CT molecular complexity index is 984. The fourth-order valence-electron chi connectivity index (χ4n) is 2.59. The lowest BCUT2D eigenvalue weighted by molar-refractivity contribution is -0.127. The Morgan fingerprint density at radius 2 is 2.12 bits per heavy atom. The van der Waals surface area contributed by atoms with E-state index in [-0.39, 0.29) is 18.4 Å². The number of rotatable bonds is 5. The molecule has 0 spiro atoms. The Hall–Kier alpha value is -3.16. The first-order valence-electron chi connectivity index (χ1n) is 8.36. The summed E-state index contributed by atoms with van der Waals surface area (Å²) in [5, 5.41) is 7.35. The molecule has 8 heteroatoms. The third-order valence-electron chi connectivity index (χ3n) is 4.32. The standard InChI is InChI=1S/C18H18N4O4/c1-22(2)15(23)8-19-17(24)11-5-6-14-12(7-11)16(21-26-14)13-9-25-18(20-13)10-3-4-10/h5-7,9-10H,3-4,8H2,1-2H3,(H,19,24). The van der Waals surface area contributed by atoms with Crippen LogP contribution in [0.25, 0.3) is 22.4 Å². The summed E-state index contributed by atoms with van der Waals surface area (Å²) in [4.78, 5) is 29.8. The first kappa shape index (κ1) is 16.3.